The molecule has 1 aliphatic heterocycles. The molecule has 2 aromatic rings. The standard InChI is InChI=1S/C22H25N3O6/c1-4-25(21(27)17-8-7-16(14(3)23-17)22(28)29-5-2)13-20(26)24-15-6-9-18-19(12-15)31-11-10-30-18/h6-9,12H,4-5,10-11,13H2,1-3H3,(H,24,26). The van der Waals surface area contributed by atoms with Crippen LogP contribution in [0.4, 0.5) is 5.69 Å². The summed E-state index contributed by atoms with van der Waals surface area (Å²) in [7, 11) is 0. The highest BCUT2D eigenvalue weighted by atomic mass is 16.6. The average Bonchev–Trinajstić information content (AvgIpc) is 2.77. The molecule has 2 heterocycles. The van der Waals surface area contributed by atoms with Gasteiger partial charge in [-0.3, -0.25) is 9.59 Å². The molecule has 3 rings (SSSR count). The number of rotatable bonds is 7. The van der Waals surface area contributed by atoms with E-state index in [0.717, 1.165) is 0 Å². The van der Waals surface area contributed by atoms with Gasteiger partial charge in [-0.2, -0.15) is 0 Å². The minimum atomic E-state index is -0.488. The predicted octanol–water partition coefficient (Wildman–Crippen LogP) is 2.44. The van der Waals surface area contributed by atoms with E-state index >= 15 is 0 Å². The van der Waals surface area contributed by atoms with E-state index in [-0.39, 0.29) is 24.8 Å². The Balaban J connectivity index is 1.66. The number of fused-ring (bicyclic) bond motifs is 1. The van der Waals surface area contributed by atoms with Crippen molar-refractivity contribution in [3.8, 4) is 11.5 Å². The first-order valence-corrected chi connectivity index (χ1v) is 10.1. The third-order valence-corrected chi connectivity index (χ3v) is 4.63. The van der Waals surface area contributed by atoms with Crippen molar-refractivity contribution in [3.63, 3.8) is 0 Å². The maximum atomic E-state index is 12.8. The largest absolute Gasteiger partial charge is 0.486 e. The van der Waals surface area contributed by atoms with Crippen LogP contribution >= 0.6 is 0 Å². The second-order valence-electron chi connectivity index (χ2n) is 6.78. The lowest BCUT2D eigenvalue weighted by Crippen LogP contribution is -2.38. The molecule has 1 aromatic heterocycles. The maximum absolute atomic E-state index is 12.8. The van der Waals surface area contributed by atoms with E-state index in [9.17, 15) is 14.4 Å². The predicted molar refractivity (Wildman–Crippen MR) is 113 cm³/mol. The van der Waals surface area contributed by atoms with Gasteiger partial charge in [-0.05, 0) is 45.0 Å². The van der Waals surface area contributed by atoms with Crippen LogP contribution in [0.25, 0.3) is 0 Å². The number of carbonyl (C=O) groups is 3. The first-order chi connectivity index (χ1) is 14.9. The van der Waals surface area contributed by atoms with E-state index in [4.69, 9.17) is 14.2 Å². The number of amides is 2. The summed E-state index contributed by atoms with van der Waals surface area (Å²) in [5.74, 6) is -0.0566. The van der Waals surface area contributed by atoms with Crippen LogP contribution in [-0.2, 0) is 9.53 Å². The number of aromatic nitrogens is 1. The fourth-order valence-electron chi connectivity index (χ4n) is 3.09. The molecule has 164 valence electrons. The number of anilines is 1. The molecule has 0 unspecified atom stereocenters. The van der Waals surface area contributed by atoms with Crippen LogP contribution in [-0.4, -0.2) is 60.6 Å². The Labute approximate surface area is 180 Å². The molecule has 0 saturated carbocycles. The molecule has 31 heavy (non-hydrogen) atoms. The molecule has 1 aliphatic rings. The van der Waals surface area contributed by atoms with E-state index < -0.39 is 11.9 Å². The lowest BCUT2D eigenvalue weighted by molar-refractivity contribution is -0.116. The van der Waals surface area contributed by atoms with Crippen LogP contribution < -0.4 is 14.8 Å². The van der Waals surface area contributed by atoms with Gasteiger partial charge >= 0.3 is 5.97 Å². The van der Waals surface area contributed by atoms with E-state index in [0.29, 0.717) is 48.2 Å². The Bertz CT molecular complexity index is 991. The second-order valence-corrected chi connectivity index (χ2v) is 6.78. The molecule has 9 nitrogen and oxygen atoms in total. The lowest BCUT2D eigenvalue weighted by Gasteiger charge is -2.21. The molecule has 9 heteroatoms. The molecule has 0 atom stereocenters. The van der Waals surface area contributed by atoms with Crippen LogP contribution in [0.15, 0.2) is 30.3 Å². The highest BCUT2D eigenvalue weighted by Crippen LogP contribution is 2.32. The Kier molecular flexibility index (Phi) is 7.07. The Morgan fingerprint density at radius 3 is 2.52 bits per heavy atom. The van der Waals surface area contributed by atoms with Gasteiger partial charge in [-0.25, -0.2) is 9.78 Å². The summed E-state index contributed by atoms with van der Waals surface area (Å²) in [6, 6.07) is 8.09. The van der Waals surface area contributed by atoms with Gasteiger partial charge in [-0.1, -0.05) is 0 Å². The molecule has 0 aliphatic carbocycles. The summed E-state index contributed by atoms with van der Waals surface area (Å²) < 4.78 is 16.0. The number of nitrogens with one attached hydrogen (secondary N) is 1. The number of hydrogen-bond acceptors (Lipinski definition) is 7. The minimum absolute atomic E-state index is 0.149. The number of hydrogen-bond donors (Lipinski definition) is 1. The van der Waals surface area contributed by atoms with Crippen LogP contribution in [0.3, 0.4) is 0 Å². The minimum Gasteiger partial charge on any atom is -0.486 e. The maximum Gasteiger partial charge on any atom is 0.339 e. The number of benzene rings is 1. The Hall–Kier alpha value is -3.62. The molecule has 2 amide bonds. The number of pyridine rings is 1. The summed E-state index contributed by atoms with van der Waals surface area (Å²) >= 11 is 0. The molecular formula is C22H25N3O6. The number of ether oxygens (including phenoxy) is 3. The van der Waals surface area contributed by atoms with Crippen molar-refractivity contribution in [3.05, 3.63) is 47.3 Å². The topological polar surface area (TPSA) is 107 Å². The van der Waals surface area contributed by atoms with Crippen LogP contribution in [0.2, 0.25) is 0 Å². The summed E-state index contributed by atoms with van der Waals surface area (Å²) in [5.41, 5.74) is 1.39. The van der Waals surface area contributed by atoms with Crippen molar-refractivity contribution >= 4 is 23.5 Å². The van der Waals surface area contributed by atoms with Crippen molar-refractivity contribution in [2.75, 3.05) is 38.2 Å². The van der Waals surface area contributed by atoms with Crippen molar-refractivity contribution in [2.24, 2.45) is 0 Å². The molecule has 1 aromatic carbocycles. The molecule has 0 spiro atoms. The van der Waals surface area contributed by atoms with Crippen molar-refractivity contribution in [1.82, 2.24) is 9.88 Å². The van der Waals surface area contributed by atoms with Gasteiger partial charge in [0, 0.05) is 18.3 Å². The molecule has 0 saturated heterocycles. The number of esters is 1. The van der Waals surface area contributed by atoms with Gasteiger partial charge in [0.2, 0.25) is 5.91 Å². The lowest BCUT2D eigenvalue weighted by atomic mass is 10.1. The van der Waals surface area contributed by atoms with Crippen molar-refractivity contribution in [2.45, 2.75) is 20.8 Å². The van der Waals surface area contributed by atoms with Gasteiger partial charge in [0.05, 0.1) is 17.9 Å². The van der Waals surface area contributed by atoms with Gasteiger partial charge in [0.15, 0.2) is 11.5 Å². The van der Waals surface area contributed by atoms with E-state index in [1.165, 1.54) is 17.0 Å². The fourth-order valence-corrected chi connectivity index (χ4v) is 3.09. The third-order valence-electron chi connectivity index (χ3n) is 4.63. The van der Waals surface area contributed by atoms with Gasteiger partial charge < -0.3 is 24.4 Å². The summed E-state index contributed by atoms with van der Waals surface area (Å²) in [5, 5.41) is 2.76. The molecule has 0 radical (unpaired) electrons. The van der Waals surface area contributed by atoms with E-state index in [1.807, 2.05) is 0 Å². The smallest absolute Gasteiger partial charge is 0.339 e. The summed E-state index contributed by atoms with van der Waals surface area (Å²) in [6.45, 7) is 6.47. The third kappa shape index (κ3) is 5.30. The van der Waals surface area contributed by atoms with Crippen LogP contribution in [0.5, 0.6) is 11.5 Å². The first kappa shape index (κ1) is 22.1. The monoisotopic (exact) mass is 427 g/mol. The average molecular weight is 427 g/mol. The summed E-state index contributed by atoms with van der Waals surface area (Å²) in [6.07, 6.45) is 0. The summed E-state index contributed by atoms with van der Waals surface area (Å²) in [4.78, 5) is 42.9. The molecule has 0 bridgehead atoms. The zero-order chi connectivity index (χ0) is 22.4. The molecule has 0 fully saturated rings. The number of carbonyl (C=O) groups excluding carboxylic acids is 3. The Morgan fingerprint density at radius 2 is 1.84 bits per heavy atom. The SMILES string of the molecule is CCOC(=O)c1ccc(C(=O)N(CC)CC(=O)Nc2ccc3c(c2)OCCO3)nc1C. The number of nitrogens with zero attached hydrogens (tertiary/aromatic N) is 2. The second kappa shape index (κ2) is 9.92. The van der Waals surface area contributed by atoms with E-state index in [2.05, 4.69) is 10.3 Å². The Morgan fingerprint density at radius 1 is 1.10 bits per heavy atom. The quantitative estimate of drug-likeness (QED) is 0.676. The van der Waals surface area contributed by atoms with E-state index in [1.54, 1.807) is 39.0 Å². The fraction of sp³-hybridized carbons (Fsp3) is 0.364. The highest BCUT2D eigenvalue weighted by molar-refractivity contribution is 5.99. The zero-order valence-electron chi connectivity index (χ0n) is 17.8. The van der Waals surface area contributed by atoms with Crippen molar-refractivity contribution in [1.29, 1.82) is 0 Å². The normalized spacial score (nSPS) is 12.1. The van der Waals surface area contributed by atoms with Gasteiger partial charge in [0.25, 0.3) is 5.91 Å². The number of aryl methyl sites for hydroxylation is 1. The van der Waals surface area contributed by atoms with Crippen molar-refractivity contribution < 1.29 is 28.6 Å². The van der Waals surface area contributed by atoms with Gasteiger partial charge in [-0.15, -0.1) is 0 Å². The zero-order valence-corrected chi connectivity index (χ0v) is 17.8. The first-order valence-electron chi connectivity index (χ1n) is 10.1. The molecular weight excluding hydrogens is 402 g/mol. The van der Waals surface area contributed by atoms with Gasteiger partial charge in [0.1, 0.15) is 25.5 Å². The van der Waals surface area contributed by atoms with Crippen LogP contribution in [0.1, 0.15) is 40.4 Å². The van der Waals surface area contributed by atoms with Crippen LogP contribution in [0, 0.1) is 6.92 Å². The molecule has 1 N–H and O–H groups in total. The number of likely N-dealkylation sites (N-methyl/N-ethyl adjacent to an activating group) is 1. The highest BCUT2D eigenvalue weighted by Gasteiger charge is 2.21.